The van der Waals surface area contributed by atoms with Crippen molar-refractivity contribution in [2.75, 3.05) is 18.4 Å². The number of para-hydroxylation sites is 1. The molecule has 2 amide bonds. The average Bonchev–Trinajstić information content (AvgIpc) is 2.31. The lowest BCUT2D eigenvalue weighted by atomic mass is 10.1. The number of amides is 2. The van der Waals surface area contributed by atoms with E-state index in [-0.39, 0.29) is 6.03 Å². The van der Waals surface area contributed by atoms with Gasteiger partial charge in [-0.05, 0) is 26.8 Å². The van der Waals surface area contributed by atoms with E-state index in [1.54, 1.807) is 17.9 Å². The van der Waals surface area contributed by atoms with E-state index in [1.165, 1.54) is 0 Å². The zero-order valence-corrected chi connectivity index (χ0v) is 10.6. The Balaban J connectivity index is 2.84. The molecule has 0 spiro atoms. The molecule has 0 aromatic heterocycles. The van der Waals surface area contributed by atoms with Crippen LogP contribution in [-0.4, -0.2) is 29.1 Å². The number of anilines is 1. The number of hydrogen-bond donors (Lipinski definition) is 2. The van der Waals surface area contributed by atoms with Crippen molar-refractivity contribution in [3.05, 3.63) is 29.8 Å². The third-order valence-corrected chi connectivity index (χ3v) is 2.70. The van der Waals surface area contributed by atoms with E-state index >= 15 is 0 Å². The van der Waals surface area contributed by atoms with Gasteiger partial charge < -0.3 is 15.3 Å². The van der Waals surface area contributed by atoms with Crippen molar-refractivity contribution in [3.8, 4) is 0 Å². The van der Waals surface area contributed by atoms with Gasteiger partial charge in [0.15, 0.2) is 0 Å². The maximum absolute atomic E-state index is 11.9. The normalized spacial score (nSPS) is 12.0. The average molecular weight is 236 g/mol. The number of carbonyl (C=O) groups excluding carboxylic acids is 1. The number of aliphatic hydroxyl groups excluding tert-OH is 1. The van der Waals surface area contributed by atoms with Gasteiger partial charge in [0.1, 0.15) is 0 Å². The van der Waals surface area contributed by atoms with E-state index in [2.05, 4.69) is 5.32 Å². The zero-order chi connectivity index (χ0) is 12.8. The van der Waals surface area contributed by atoms with Gasteiger partial charge in [0.25, 0.3) is 0 Å². The highest BCUT2D eigenvalue weighted by molar-refractivity contribution is 5.90. The van der Waals surface area contributed by atoms with E-state index in [4.69, 9.17) is 0 Å². The molecule has 1 atom stereocenters. The Labute approximate surface area is 102 Å². The van der Waals surface area contributed by atoms with Crippen LogP contribution in [0.4, 0.5) is 10.5 Å². The number of carbonyl (C=O) groups is 1. The Kier molecular flexibility index (Phi) is 4.97. The summed E-state index contributed by atoms with van der Waals surface area (Å²) in [7, 11) is 0. The van der Waals surface area contributed by atoms with Gasteiger partial charge in [-0.2, -0.15) is 0 Å². The minimum Gasteiger partial charge on any atom is -0.389 e. The van der Waals surface area contributed by atoms with E-state index in [0.717, 1.165) is 5.56 Å². The van der Waals surface area contributed by atoms with Gasteiger partial charge in [-0.3, -0.25) is 0 Å². The predicted octanol–water partition coefficient (Wildman–Crippen LogP) is 2.61. The molecular formula is C13H20N2O2. The second kappa shape index (κ2) is 6.25. The highest BCUT2D eigenvalue weighted by atomic mass is 16.3. The lowest BCUT2D eigenvalue weighted by molar-refractivity contribution is 0.199. The van der Waals surface area contributed by atoms with Crippen molar-refractivity contribution >= 4 is 11.7 Å². The molecule has 0 bridgehead atoms. The topological polar surface area (TPSA) is 52.6 Å². The highest BCUT2D eigenvalue weighted by Gasteiger charge is 2.13. The lowest BCUT2D eigenvalue weighted by Gasteiger charge is -2.21. The molecule has 0 aliphatic heterocycles. The summed E-state index contributed by atoms with van der Waals surface area (Å²) in [6, 6.07) is 7.15. The number of hydrogen-bond acceptors (Lipinski definition) is 2. The summed E-state index contributed by atoms with van der Waals surface area (Å²) in [6.07, 6.45) is -0.594. The van der Waals surface area contributed by atoms with Gasteiger partial charge in [-0.1, -0.05) is 18.2 Å². The molecule has 94 valence electrons. The van der Waals surface area contributed by atoms with Gasteiger partial charge >= 0.3 is 6.03 Å². The fourth-order valence-corrected chi connectivity index (χ4v) is 1.68. The molecule has 0 heterocycles. The first kappa shape index (κ1) is 13.5. The first-order chi connectivity index (χ1) is 8.10. The van der Waals surface area contributed by atoms with Gasteiger partial charge in [0.2, 0.25) is 0 Å². The Hall–Kier alpha value is -1.55. The van der Waals surface area contributed by atoms with Crippen LogP contribution in [0.25, 0.3) is 0 Å². The maximum atomic E-state index is 11.9. The monoisotopic (exact) mass is 236 g/mol. The molecule has 0 aliphatic rings. The maximum Gasteiger partial charge on any atom is 0.321 e. The standard InChI is InChI=1S/C13H20N2O2/c1-4-15(5-2)13(17)14-12-9-7-6-8-11(12)10(3)16/h6-10,16H,4-5H2,1-3H3,(H,14,17). The molecule has 0 radical (unpaired) electrons. The first-order valence-corrected chi connectivity index (χ1v) is 5.93. The third kappa shape index (κ3) is 3.46. The van der Waals surface area contributed by atoms with E-state index < -0.39 is 6.10 Å². The van der Waals surface area contributed by atoms with Crippen LogP contribution in [0.1, 0.15) is 32.4 Å². The highest BCUT2D eigenvalue weighted by Crippen LogP contribution is 2.22. The molecule has 4 nitrogen and oxygen atoms in total. The van der Waals surface area contributed by atoms with Crippen LogP contribution in [0, 0.1) is 0 Å². The lowest BCUT2D eigenvalue weighted by Crippen LogP contribution is -2.34. The molecule has 0 saturated heterocycles. The Morgan fingerprint density at radius 3 is 2.47 bits per heavy atom. The van der Waals surface area contributed by atoms with Crippen molar-refractivity contribution in [2.45, 2.75) is 26.9 Å². The molecule has 1 aromatic rings. The number of nitrogens with zero attached hydrogens (tertiary/aromatic N) is 1. The first-order valence-electron chi connectivity index (χ1n) is 5.93. The van der Waals surface area contributed by atoms with Crippen molar-refractivity contribution in [1.82, 2.24) is 4.90 Å². The fourth-order valence-electron chi connectivity index (χ4n) is 1.68. The molecule has 1 aromatic carbocycles. The molecule has 4 heteroatoms. The quantitative estimate of drug-likeness (QED) is 0.844. The third-order valence-electron chi connectivity index (χ3n) is 2.70. The molecule has 0 aliphatic carbocycles. The summed E-state index contributed by atoms with van der Waals surface area (Å²) in [4.78, 5) is 13.6. The van der Waals surface area contributed by atoms with E-state index in [1.807, 2.05) is 32.0 Å². The Morgan fingerprint density at radius 2 is 1.94 bits per heavy atom. The van der Waals surface area contributed by atoms with Gasteiger partial charge in [0, 0.05) is 24.3 Å². The molecule has 1 rings (SSSR count). The van der Waals surface area contributed by atoms with Crippen molar-refractivity contribution in [2.24, 2.45) is 0 Å². The molecule has 2 N–H and O–H groups in total. The number of aliphatic hydroxyl groups is 1. The predicted molar refractivity (Wildman–Crippen MR) is 69.0 cm³/mol. The minimum atomic E-state index is -0.594. The van der Waals surface area contributed by atoms with Gasteiger partial charge in [-0.15, -0.1) is 0 Å². The SMILES string of the molecule is CCN(CC)C(=O)Nc1ccccc1C(C)O. The van der Waals surface area contributed by atoms with Crippen molar-refractivity contribution < 1.29 is 9.90 Å². The van der Waals surface area contributed by atoms with Gasteiger partial charge in [0.05, 0.1) is 6.10 Å². The van der Waals surface area contributed by atoms with Crippen LogP contribution in [0.15, 0.2) is 24.3 Å². The molecule has 0 saturated carbocycles. The van der Waals surface area contributed by atoms with Crippen molar-refractivity contribution in [1.29, 1.82) is 0 Å². The van der Waals surface area contributed by atoms with Crippen LogP contribution >= 0.6 is 0 Å². The number of rotatable bonds is 4. The van der Waals surface area contributed by atoms with Crippen LogP contribution in [0.2, 0.25) is 0 Å². The summed E-state index contributed by atoms with van der Waals surface area (Å²) in [5.74, 6) is 0. The van der Waals surface area contributed by atoms with Crippen molar-refractivity contribution in [3.63, 3.8) is 0 Å². The van der Waals surface area contributed by atoms with E-state index in [0.29, 0.717) is 18.8 Å². The van der Waals surface area contributed by atoms with Crippen LogP contribution in [0.3, 0.4) is 0 Å². The second-order valence-corrected chi connectivity index (χ2v) is 3.87. The Morgan fingerprint density at radius 1 is 1.35 bits per heavy atom. The summed E-state index contributed by atoms with van der Waals surface area (Å²) >= 11 is 0. The number of nitrogens with one attached hydrogen (secondary N) is 1. The molecule has 1 unspecified atom stereocenters. The largest absolute Gasteiger partial charge is 0.389 e. The fraction of sp³-hybridized carbons (Fsp3) is 0.462. The van der Waals surface area contributed by atoms with Crippen LogP contribution in [0.5, 0.6) is 0 Å². The minimum absolute atomic E-state index is 0.136. The zero-order valence-electron chi connectivity index (χ0n) is 10.6. The smallest absolute Gasteiger partial charge is 0.321 e. The van der Waals surface area contributed by atoms with Gasteiger partial charge in [-0.25, -0.2) is 4.79 Å². The number of benzene rings is 1. The second-order valence-electron chi connectivity index (χ2n) is 3.87. The number of urea groups is 1. The van der Waals surface area contributed by atoms with E-state index in [9.17, 15) is 9.90 Å². The summed E-state index contributed by atoms with van der Waals surface area (Å²) < 4.78 is 0. The molecular weight excluding hydrogens is 216 g/mol. The van der Waals surface area contributed by atoms with Crippen LogP contribution in [-0.2, 0) is 0 Å². The molecule has 0 fully saturated rings. The molecule has 17 heavy (non-hydrogen) atoms. The summed E-state index contributed by atoms with van der Waals surface area (Å²) in [5.41, 5.74) is 1.40. The Bertz CT molecular complexity index is 373. The van der Waals surface area contributed by atoms with Crippen LogP contribution < -0.4 is 5.32 Å². The summed E-state index contributed by atoms with van der Waals surface area (Å²) in [6.45, 7) is 6.88. The summed E-state index contributed by atoms with van der Waals surface area (Å²) in [5, 5.41) is 12.4.